The maximum Gasteiger partial charge on any atom is 0.335 e. The smallest absolute Gasteiger partial charge is 0.335 e. The monoisotopic (exact) mass is 632 g/mol. The van der Waals surface area contributed by atoms with Gasteiger partial charge in [0.05, 0.1) is 41.9 Å². The minimum Gasteiger partial charge on any atom is -0.490 e. The Morgan fingerprint density at radius 1 is 1.23 bits per heavy atom. The van der Waals surface area contributed by atoms with Gasteiger partial charge in [0.2, 0.25) is 10.0 Å². The zero-order valence-corrected chi connectivity index (χ0v) is 26.1. The van der Waals surface area contributed by atoms with Gasteiger partial charge in [0, 0.05) is 36.6 Å². The number of ether oxygens (including phenoxy) is 3. The van der Waals surface area contributed by atoms with Crippen molar-refractivity contribution in [3.63, 3.8) is 0 Å². The van der Waals surface area contributed by atoms with Crippen LogP contribution in [-0.2, 0) is 31.3 Å². The number of aryl methyl sites for hydroxylation is 1. The lowest BCUT2D eigenvalue weighted by atomic mass is 9.67. The molecule has 4 aliphatic rings. The van der Waals surface area contributed by atoms with Gasteiger partial charge in [-0.1, -0.05) is 17.7 Å². The summed E-state index contributed by atoms with van der Waals surface area (Å²) in [6.07, 6.45) is 6.52. The van der Waals surface area contributed by atoms with E-state index >= 15 is 0 Å². The number of fused-ring (bicyclic) bond motifs is 3. The first-order valence-corrected chi connectivity index (χ1v) is 17.3. The minimum atomic E-state index is -3.64. The fraction of sp³-hybridized carbons (Fsp3) is 0.594. The highest BCUT2D eigenvalue weighted by Crippen LogP contribution is 2.47. The average molecular weight is 633 g/mol. The molecule has 0 aromatic heterocycles. The zero-order valence-electron chi connectivity index (χ0n) is 24.5. The lowest BCUT2D eigenvalue weighted by molar-refractivity contribution is -0.116. The largest absolute Gasteiger partial charge is 0.490 e. The van der Waals surface area contributed by atoms with Crippen LogP contribution in [0.15, 0.2) is 36.4 Å². The summed E-state index contributed by atoms with van der Waals surface area (Å²) in [5.74, 6) is 0.451. The van der Waals surface area contributed by atoms with Gasteiger partial charge >= 0.3 is 5.97 Å². The van der Waals surface area contributed by atoms with E-state index in [2.05, 4.69) is 17.0 Å². The van der Waals surface area contributed by atoms with Crippen LogP contribution in [0.3, 0.4) is 0 Å². The van der Waals surface area contributed by atoms with Crippen molar-refractivity contribution < 1.29 is 32.5 Å². The molecule has 2 aromatic carbocycles. The minimum absolute atomic E-state index is 0.0295. The molecular formula is C32H41ClN2O7S. The Labute approximate surface area is 258 Å². The van der Waals surface area contributed by atoms with Gasteiger partial charge in [-0.25, -0.2) is 18.4 Å². The first-order valence-electron chi connectivity index (χ1n) is 15.3. The summed E-state index contributed by atoms with van der Waals surface area (Å²) in [6, 6.07) is 11.4. The standard InChI is InChI=1S/C32H41ClN2O7S/c1-20(43(34,38)39)17-41-25-10-12-40-30(15-25)26-7-4-23(26)16-35-18-32(11-2-3-21-13-24(33)6-8-27(21)32)19-42-29-9-5-22(31(36)37)14-28(29)35/h5-6,8-9,13-14,20,23,25-26,30H,2-4,7,10-12,15-19H2,1H3,(H,36,37)(H2,34,38,39)/t20-,23+,25+,26-,30+,32+/m1/s1. The third-order valence-electron chi connectivity index (χ3n) is 10.1. The van der Waals surface area contributed by atoms with Crippen molar-refractivity contribution in [2.75, 3.05) is 37.8 Å². The van der Waals surface area contributed by atoms with Crippen molar-refractivity contribution in [2.45, 2.75) is 74.7 Å². The first kappa shape index (κ1) is 30.6. The van der Waals surface area contributed by atoms with E-state index in [4.69, 9.17) is 31.0 Å². The number of carboxylic acids is 1. The van der Waals surface area contributed by atoms with Gasteiger partial charge in [-0.3, -0.25) is 0 Å². The fourth-order valence-corrected chi connectivity index (χ4v) is 7.92. The fourth-order valence-electron chi connectivity index (χ4n) is 7.45. The molecule has 3 N–H and O–H groups in total. The molecule has 1 saturated heterocycles. The van der Waals surface area contributed by atoms with E-state index in [1.165, 1.54) is 11.1 Å². The van der Waals surface area contributed by atoms with Crippen LogP contribution in [0.2, 0.25) is 5.02 Å². The van der Waals surface area contributed by atoms with Crippen LogP contribution in [0.1, 0.15) is 66.9 Å². The van der Waals surface area contributed by atoms with Crippen LogP contribution in [-0.4, -0.2) is 69.9 Å². The quantitative estimate of drug-likeness (QED) is 0.426. The molecule has 1 saturated carbocycles. The van der Waals surface area contributed by atoms with E-state index in [1.807, 2.05) is 6.07 Å². The van der Waals surface area contributed by atoms with E-state index in [0.717, 1.165) is 68.7 Å². The molecule has 6 atom stereocenters. The summed E-state index contributed by atoms with van der Waals surface area (Å²) in [4.78, 5) is 14.3. The summed E-state index contributed by atoms with van der Waals surface area (Å²) in [5, 5.41) is 15.1. The van der Waals surface area contributed by atoms with Gasteiger partial charge in [0.1, 0.15) is 5.75 Å². The van der Waals surface area contributed by atoms with Gasteiger partial charge in [-0.2, -0.15) is 0 Å². The Hall–Kier alpha value is -2.37. The van der Waals surface area contributed by atoms with Gasteiger partial charge in [0.25, 0.3) is 0 Å². The topological polar surface area (TPSA) is 128 Å². The number of anilines is 1. The summed E-state index contributed by atoms with van der Waals surface area (Å²) in [7, 11) is -3.64. The van der Waals surface area contributed by atoms with Crippen LogP contribution in [0.5, 0.6) is 5.75 Å². The van der Waals surface area contributed by atoms with E-state index in [-0.39, 0.29) is 29.8 Å². The molecule has 2 heterocycles. The molecule has 0 bridgehead atoms. The van der Waals surface area contributed by atoms with Crippen LogP contribution >= 0.6 is 11.6 Å². The normalized spacial score (nSPS) is 29.5. The maximum atomic E-state index is 12.0. The number of hydrogen-bond acceptors (Lipinski definition) is 7. The second-order valence-electron chi connectivity index (χ2n) is 12.9. The van der Waals surface area contributed by atoms with Crippen LogP contribution in [0.25, 0.3) is 0 Å². The average Bonchev–Trinajstić information content (AvgIpc) is 3.10. The Morgan fingerprint density at radius 3 is 2.81 bits per heavy atom. The molecular weight excluding hydrogens is 592 g/mol. The summed E-state index contributed by atoms with van der Waals surface area (Å²) in [5.41, 5.74) is 3.37. The lowest BCUT2D eigenvalue weighted by Crippen LogP contribution is -2.51. The molecule has 2 aromatic rings. The predicted molar refractivity (Wildman–Crippen MR) is 165 cm³/mol. The second kappa shape index (κ2) is 12.2. The predicted octanol–water partition coefficient (Wildman–Crippen LogP) is 4.78. The molecule has 0 radical (unpaired) electrons. The molecule has 11 heteroatoms. The number of primary sulfonamides is 1. The van der Waals surface area contributed by atoms with Crippen molar-refractivity contribution in [1.82, 2.24) is 0 Å². The number of carbonyl (C=O) groups is 1. The lowest BCUT2D eigenvalue weighted by Gasteiger charge is -2.47. The number of nitrogens with zero attached hydrogens (tertiary/aromatic N) is 1. The van der Waals surface area contributed by atoms with Crippen molar-refractivity contribution in [3.05, 3.63) is 58.1 Å². The molecule has 0 unspecified atom stereocenters. The maximum absolute atomic E-state index is 12.0. The van der Waals surface area contributed by atoms with Crippen molar-refractivity contribution in [3.8, 4) is 5.75 Å². The molecule has 1 spiro atoms. The molecule has 2 fully saturated rings. The van der Waals surface area contributed by atoms with Crippen molar-refractivity contribution in [1.29, 1.82) is 0 Å². The molecule has 2 aliphatic carbocycles. The third kappa shape index (κ3) is 6.40. The first-order chi connectivity index (χ1) is 20.5. The highest BCUT2D eigenvalue weighted by Gasteiger charge is 2.45. The van der Waals surface area contributed by atoms with Gasteiger partial charge in [-0.05, 0) is 98.7 Å². The van der Waals surface area contributed by atoms with Crippen molar-refractivity contribution >= 4 is 33.3 Å². The number of benzene rings is 2. The van der Waals surface area contributed by atoms with E-state index < -0.39 is 21.2 Å². The molecule has 2 aliphatic heterocycles. The number of rotatable bonds is 8. The molecule has 43 heavy (non-hydrogen) atoms. The highest BCUT2D eigenvalue weighted by molar-refractivity contribution is 7.89. The SMILES string of the molecule is C[C@H](CO[C@H]1CCO[C@H]([C@@H]2CC[C@H]2CN2C[C@@]3(CCCc4cc(Cl)ccc43)COc3ccc(C(=O)O)cc32)C1)S(N)(=O)=O. The number of nitrogens with two attached hydrogens (primary N) is 1. The number of aromatic carboxylic acids is 1. The van der Waals surface area contributed by atoms with Crippen LogP contribution < -0.4 is 14.8 Å². The summed E-state index contributed by atoms with van der Waals surface area (Å²) < 4.78 is 42.0. The van der Waals surface area contributed by atoms with Crippen molar-refractivity contribution in [2.24, 2.45) is 17.0 Å². The zero-order chi connectivity index (χ0) is 30.4. The van der Waals surface area contributed by atoms with E-state index in [0.29, 0.717) is 30.8 Å². The Kier molecular flexibility index (Phi) is 8.69. The number of carboxylic acid groups (broad SMARTS) is 1. The number of halogens is 1. The Bertz CT molecular complexity index is 1470. The van der Waals surface area contributed by atoms with Gasteiger partial charge < -0.3 is 24.2 Å². The Balaban J connectivity index is 1.23. The number of hydrogen-bond donors (Lipinski definition) is 2. The second-order valence-corrected chi connectivity index (χ2v) is 15.3. The Morgan fingerprint density at radius 2 is 2.07 bits per heavy atom. The highest BCUT2D eigenvalue weighted by atomic mass is 35.5. The molecule has 6 rings (SSSR count). The molecule has 9 nitrogen and oxygen atoms in total. The van der Waals surface area contributed by atoms with E-state index in [9.17, 15) is 18.3 Å². The van der Waals surface area contributed by atoms with E-state index in [1.54, 1.807) is 25.1 Å². The summed E-state index contributed by atoms with van der Waals surface area (Å²) >= 11 is 6.38. The molecule has 234 valence electrons. The van der Waals surface area contributed by atoms with Crippen LogP contribution in [0, 0.1) is 11.8 Å². The summed E-state index contributed by atoms with van der Waals surface area (Å²) in [6.45, 7) is 4.24. The molecule has 0 amide bonds. The number of sulfonamides is 1. The van der Waals surface area contributed by atoms with Gasteiger partial charge in [-0.15, -0.1) is 0 Å². The van der Waals surface area contributed by atoms with Crippen LogP contribution in [0.4, 0.5) is 5.69 Å². The third-order valence-corrected chi connectivity index (χ3v) is 11.6. The van der Waals surface area contributed by atoms with Gasteiger partial charge in [0.15, 0.2) is 0 Å².